The Balaban J connectivity index is 1.98. The number of aliphatic hydroxyl groups excluding tert-OH is 1. The molecule has 0 aromatic heterocycles. The van der Waals surface area contributed by atoms with Crippen molar-refractivity contribution >= 4 is 11.5 Å². The molecule has 0 atom stereocenters. The average Bonchev–Trinajstić information content (AvgIpc) is 2.77. The Labute approximate surface area is 108 Å². The zero-order valence-electron chi connectivity index (χ0n) is 11.0. The average molecular weight is 247 g/mol. The molecule has 0 aliphatic carbocycles. The highest BCUT2D eigenvalue weighted by Crippen LogP contribution is 2.29. The minimum absolute atomic E-state index is 0.138. The van der Waals surface area contributed by atoms with Crippen molar-refractivity contribution in [3.8, 4) is 0 Å². The number of ketones is 1. The van der Waals surface area contributed by atoms with E-state index in [1.807, 2.05) is 12.1 Å². The molecule has 0 radical (unpaired) electrons. The first kappa shape index (κ1) is 13.1. The van der Waals surface area contributed by atoms with Gasteiger partial charge in [0.1, 0.15) is 0 Å². The predicted molar refractivity (Wildman–Crippen MR) is 73.3 cm³/mol. The van der Waals surface area contributed by atoms with Gasteiger partial charge in [0.2, 0.25) is 0 Å². The van der Waals surface area contributed by atoms with Crippen LogP contribution >= 0.6 is 0 Å². The van der Waals surface area contributed by atoms with Crippen LogP contribution < -0.4 is 4.90 Å². The fourth-order valence-electron chi connectivity index (χ4n) is 2.51. The van der Waals surface area contributed by atoms with Crippen molar-refractivity contribution in [3.63, 3.8) is 0 Å². The van der Waals surface area contributed by atoms with Crippen LogP contribution in [-0.4, -0.2) is 30.6 Å². The van der Waals surface area contributed by atoms with Gasteiger partial charge >= 0.3 is 0 Å². The van der Waals surface area contributed by atoms with Crippen molar-refractivity contribution in [2.75, 3.05) is 24.6 Å². The van der Waals surface area contributed by atoms with Gasteiger partial charge < -0.3 is 10.0 Å². The van der Waals surface area contributed by atoms with E-state index in [-0.39, 0.29) is 5.78 Å². The van der Waals surface area contributed by atoms with Gasteiger partial charge in [0.15, 0.2) is 5.78 Å². The monoisotopic (exact) mass is 247 g/mol. The lowest BCUT2D eigenvalue weighted by Gasteiger charge is -2.19. The number of unbranched alkanes of at least 4 members (excludes halogenated alkanes) is 2. The van der Waals surface area contributed by atoms with Crippen LogP contribution in [0.2, 0.25) is 0 Å². The van der Waals surface area contributed by atoms with Crippen LogP contribution in [-0.2, 0) is 6.42 Å². The fourth-order valence-corrected chi connectivity index (χ4v) is 2.51. The molecule has 3 heteroatoms. The molecule has 0 saturated carbocycles. The number of benzene rings is 1. The Morgan fingerprint density at radius 2 is 2.17 bits per heavy atom. The number of nitrogens with zero attached hydrogens (tertiary/aromatic N) is 1. The molecule has 1 N–H and O–H groups in total. The quantitative estimate of drug-likeness (QED) is 0.620. The van der Waals surface area contributed by atoms with E-state index in [9.17, 15) is 4.79 Å². The van der Waals surface area contributed by atoms with Gasteiger partial charge in [0.25, 0.3) is 0 Å². The van der Waals surface area contributed by atoms with Crippen LogP contribution in [0.1, 0.15) is 42.1 Å². The summed E-state index contributed by atoms with van der Waals surface area (Å²) >= 11 is 0. The molecule has 0 unspecified atom stereocenters. The standard InChI is InChI=1S/C15H21NO2/c1-12(18)13-5-6-15-14(11-13)7-9-16(15)8-3-2-4-10-17/h5-6,11,17H,2-4,7-10H2,1H3. The third-order valence-electron chi connectivity index (χ3n) is 3.56. The van der Waals surface area contributed by atoms with E-state index in [4.69, 9.17) is 5.11 Å². The topological polar surface area (TPSA) is 40.5 Å². The minimum atomic E-state index is 0.138. The minimum Gasteiger partial charge on any atom is -0.396 e. The van der Waals surface area contributed by atoms with Gasteiger partial charge in [-0.1, -0.05) is 0 Å². The number of Topliss-reactive ketones (excluding diaryl/α,β-unsaturated/α-hetero) is 1. The summed E-state index contributed by atoms with van der Waals surface area (Å²) in [6, 6.07) is 6.03. The first-order chi connectivity index (χ1) is 8.72. The molecule has 0 fully saturated rings. The Morgan fingerprint density at radius 1 is 1.33 bits per heavy atom. The lowest BCUT2D eigenvalue weighted by atomic mass is 10.1. The van der Waals surface area contributed by atoms with E-state index in [0.29, 0.717) is 6.61 Å². The van der Waals surface area contributed by atoms with Crippen LogP contribution in [0, 0.1) is 0 Å². The smallest absolute Gasteiger partial charge is 0.159 e. The molecule has 18 heavy (non-hydrogen) atoms. The summed E-state index contributed by atoms with van der Waals surface area (Å²) in [6.45, 7) is 4.00. The molecule has 1 aliphatic heterocycles. The van der Waals surface area contributed by atoms with Crippen LogP contribution in [0.25, 0.3) is 0 Å². The van der Waals surface area contributed by atoms with E-state index >= 15 is 0 Å². The zero-order valence-corrected chi connectivity index (χ0v) is 11.0. The molecule has 1 aliphatic rings. The maximum absolute atomic E-state index is 11.3. The van der Waals surface area contributed by atoms with Crippen molar-refractivity contribution in [3.05, 3.63) is 29.3 Å². The van der Waals surface area contributed by atoms with Crippen LogP contribution in [0.4, 0.5) is 5.69 Å². The van der Waals surface area contributed by atoms with Crippen LogP contribution in [0.15, 0.2) is 18.2 Å². The SMILES string of the molecule is CC(=O)c1ccc2c(c1)CCN2CCCCCO. The van der Waals surface area contributed by atoms with Gasteiger partial charge in [-0.15, -0.1) is 0 Å². The van der Waals surface area contributed by atoms with E-state index in [2.05, 4.69) is 11.0 Å². The largest absolute Gasteiger partial charge is 0.396 e. The van der Waals surface area contributed by atoms with Gasteiger partial charge in [-0.25, -0.2) is 0 Å². The molecule has 3 nitrogen and oxygen atoms in total. The van der Waals surface area contributed by atoms with Gasteiger partial charge in [0, 0.05) is 30.9 Å². The highest BCUT2D eigenvalue weighted by atomic mass is 16.2. The third kappa shape index (κ3) is 2.91. The fraction of sp³-hybridized carbons (Fsp3) is 0.533. The first-order valence-electron chi connectivity index (χ1n) is 6.72. The van der Waals surface area contributed by atoms with Crippen LogP contribution in [0.3, 0.4) is 0 Å². The molecule has 1 heterocycles. The summed E-state index contributed by atoms with van der Waals surface area (Å²) in [4.78, 5) is 13.7. The number of fused-ring (bicyclic) bond motifs is 1. The van der Waals surface area contributed by atoms with Crippen molar-refractivity contribution in [1.82, 2.24) is 0 Å². The number of carbonyl (C=O) groups is 1. The molecular weight excluding hydrogens is 226 g/mol. The molecule has 1 aromatic rings. The lowest BCUT2D eigenvalue weighted by molar-refractivity contribution is 0.101. The van der Waals surface area contributed by atoms with Gasteiger partial charge in [0.05, 0.1) is 0 Å². The summed E-state index contributed by atoms with van der Waals surface area (Å²) in [5, 5.41) is 8.75. The van der Waals surface area contributed by atoms with Crippen LogP contribution in [0.5, 0.6) is 0 Å². The summed E-state index contributed by atoms with van der Waals surface area (Å²) in [5.41, 5.74) is 3.39. The maximum atomic E-state index is 11.3. The number of anilines is 1. The zero-order chi connectivity index (χ0) is 13.0. The van der Waals surface area contributed by atoms with E-state index in [1.54, 1.807) is 6.92 Å². The highest BCUT2D eigenvalue weighted by molar-refractivity contribution is 5.94. The molecule has 0 saturated heterocycles. The lowest BCUT2D eigenvalue weighted by Crippen LogP contribution is -2.21. The van der Waals surface area contributed by atoms with Crippen molar-refractivity contribution in [1.29, 1.82) is 0 Å². The Hall–Kier alpha value is -1.35. The van der Waals surface area contributed by atoms with E-state index in [1.165, 1.54) is 11.3 Å². The van der Waals surface area contributed by atoms with Gasteiger partial charge in [-0.3, -0.25) is 4.79 Å². The molecule has 1 aromatic carbocycles. The summed E-state index contributed by atoms with van der Waals surface area (Å²) < 4.78 is 0. The Morgan fingerprint density at radius 3 is 2.89 bits per heavy atom. The second-order valence-corrected chi connectivity index (χ2v) is 4.92. The normalized spacial score (nSPS) is 13.8. The van der Waals surface area contributed by atoms with Crippen molar-refractivity contribution < 1.29 is 9.90 Å². The molecular formula is C15H21NO2. The Bertz CT molecular complexity index is 429. The predicted octanol–water partition coefficient (Wildman–Crippen LogP) is 2.41. The second kappa shape index (κ2) is 6.01. The number of hydrogen-bond acceptors (Lipinski definition) is 3. The first-order valence-corrected chi connectivity index (χ1v) is 6.72. The maximum Gasteiger partial charge on any atom is 0.159 e. The van der Waals surface area contributed by atoms with Gasteiger partial charge in [-0.2, -0.15) is 0 Å². The number of hydrogen-bond donors (Lipinski definition) is 1. The number of rotatable bonds is 6. The van der Waals surface area contributed by atoms with Gasteiger partial charge in [-0.05, 0) is 56.4 Å². The second-order valence-electron chi connectivity index (χ2n) is 4.92. The number of aliphatic hydroxyl groups is 1. The number of carbonyl (C=O) groups excluding carboxylic acids is 1. The Kier molecular flexibility index (Phi) is 4.37. The molecule has 0 bridgehead atoms. The summed E-state index contributed by atoms with van der Waals surface area (Å²) in [7, 11) is 0. The van der Waals surface area contributed by atoms with E-state index in [0.717, 1.165) is 44.3 Å². The molecule has 0 amide bonds. The highest BCUT2D eigenvalue weighted by Gasteiger charge is 2.19. The summed E-state index contributed by atoms with van der Waals surface area (Å²) in [6.07, 6.45) is 4.13. The summed E-state index contributed by atoms with van der Waals surface area (Å²) in [5.74, 6) is 0.138. The molecule has 98 valence electrons. The van der Waals surface area contributed by atoms with E-state index < -0.39 is 0 Å². The van der Waals surface area contributed by atoms with Crippen molar-refractivity contribution in [2.45, 2.75) is 32.6 Å². The third-order valence-corrected chi connectivity index (χ3v) is 3.56. The molecule has 2 rings (SSSR count). The van der Waals surface area contributed by atoms with Crippen molar-refractivity contribution in [2.24, 2.45) is 0 Å². The molecule has 0 spiro atoms.